The zero-order chi connectivity index (χ0) is 16.6. The number of aliphatic hydroxyl groups is 1. The number of aliphatic hydroxyl groups excluding tert-OH is 1. The first kappa shape index (κ1) is 16.0. The Labute approximate surface area is 136 Å². The molecule has 4 atom stereocenters. The molecule has 1 saturated heterocycles. The van der Waals surface area contributed by atoms with Gasteiger partial charge in [-0.05, 0) is 25.5 Å². The van der Waals surface area contributed by atoms with Gasteiger partial charge in [0.2, 0.25) is 5.91 Å². The van der Waals surface area contributed by atoms with E-state index in [-0.39, 0.29) is 11.9 Å². The highest BCUT2D eigenvalue weighted by Gasteiger charge is 2.41. The Morgan fingerprint density at radius 1 is 1.35 bits per heavy atom. The lowest BCUT2D eigenvalue weighted by atomic mass is 9.98. The summed E-state index contributed by atoms with van der Waals surface area (Å²) in [5.74, 6) is 0.494. The fraction of sp³-hybridized carbons (Fsp3) is 0.500. The van der Waals surface area contributed by atoms with Crippen LogP contribution in [0.2, 0.25) is 0 Å². The number of rotatable bonds is 5. The van der Waals surface area contributed by atoms with Crippen molar-refractivity contribution in [1.29, 1.82) is 0 Å². The Balaban J connectivity index is 1.83. The lowest BCUT2D eigenvalue weighted by Gasteiger charge is -2.27. The van der Waals surface area contributed by atoms with E-state index < -0.39 is 12.3 Å². The van der Waals surface area contributed by atoms with Gasteiger partial charge in [-0.15, -0.1) is 0 Å². The summed E-state index contributed by atoms with van der Waals surface area (Å²) in [6.45, 7) is 4.29. The van der Waals surface area contributed by atoms with E-state index in [4.69, 9.17) is 0 Å². The van der Waals surface area contributed by atoms with Crippen LogP contribution < -0.4 is 5.32 Å². The van der Waals surface area contributed by atoms with Gasteiger partial charge < -0.3 is 15.4 Å². The second-order valence-corrected chi connectivity index (χ2v) is 6.62. The molecule has 0 bridgehead atoms. The SMILES string of the molecule is CCC(C)CC1C(=O)NC(C(O)c2c[nH]c3ccccc23)N1C. The molecule has 5 nitrogen and oxygen atoms in total. The zero-order valence-electron chi connectivity index (χ0n) is 13.9. The number of carbonyl (C=O) groups excluding carboxylic acids is 1. The Morgan fingerprint density at radius 2 is 2.09 bits per heavy atom. The molecule has 5 heteroatoms. The molecular formula is C18H25N3O2. The van der Waals surface area contributed by atoms with Crippen LogP contribution in [0.4, 0.5) is 0 Å². The number of hydrogen-bond donors (Lipinski definition) is 3. The molecule has 0 radical (unpaired) electrons. The normalized spacial score (nSPS) is 24.8. The van der Waals surface area contributed by atoms with Crippen LogP contribution in [0, 0.1) is 5.92 Å². The third-order valence-corrected chi connectivity index (χ3v) is 5.08. The van der Waals surface area contributed by atoms with Crippen molar-refractivity contribution in [2.45, 2.75) is 45.0 Å². The minimum Gasteiger partial charge on any atom is -0.385 e. The number of nitrogens with zero attached hydrogens (tertiary/aromatic N) is 1. The van der Waals surface area contributed by atoms with Crippen molar-refractivity contribution in [2.75, 3.05) is 7.05 Å². The van der Waals surface area contributed by atoms with E-state index in [9.17, 15) is 9.90 Å². The van der Waals surface area contributed by atoms with Crippen molar-refractivity contribution in [3.63, 3.8) is 0 Å². The Kier molecular flexibility index (Phi) is 4.41. The monoisotopic (exact) mass is 315 g/mol. The molecule has 23 heavy (non-hydrogen) atoms. The number of amides is 1. The second kappa shape index (κ2) is 6.34. The number of aromatic nitrogens is 1. The maximum Gasteiger partial charge on any atom is 0.238 e. The summed E-state index contributed by atoms with van der Waals surface area (Å²) in [7, 11) is 1.91. The molecule has 1 fully saturated rings. The average molecular weight is 315 g/mol. The summed E-state index contributed by atoms with van der Waals surface area (Å²) in [6, 6.07) is 7.71. The standard InChI is InChI=1S/C18H25N3O2/c1-4-11(2)9-15-18(23)20-17(21(15)3)16(22)13-10-19-14-8-6-5-7-12(13)14/h5-8,10-11,15-17,19,22H,4,9H2,1-3H3,(H,20,23). The predicted molar refractivity (Wildman–Crippen MR) is 90.8 cm³/mol. The van der Waals surface area contributed by atoms with E-state index >= 15 is 0 Å². The molecule has 124 valence electrons. The lowest BCUT2D eigenvalue weighted by Crippen LogP contribution is -2.41. The van der Waals surface area contributed by atoms with Gasteiger partial charge in [0.15, 0.2) is 0 Å². The minimum absolute atomic E-state index is 0.0108. The average Bonchev–Trinajstić information content (AvgIpc) is 3.10. The minimum atomic E-state index is -0.762. The molecule has 1 amide bonds. The largest absolute Gasteiger partial charge is 0.385 e. The molecule has 2 heterocycles. The molecule has 0 spiro atoms. The van der Waals surface area contributed by atoms with Crippen molar-refractivity contribution >= 4 is 16.8 Å². The maximum absolute atomic E-state index is 12.3. The number of fused-ring (bicyclic) bond motifs is 1. The number of benzene rings is 1. The Morgan fingerprint density at radius 3 is 2.83 bits per heavy atom. The van der Waals surface area contributed by atoms with E-state index in [0.29, 0.717) is 5.92 Å². The summed E-state index contributed by atoms with van der Waals surface area (Å²) in [5, 5.41) is 14.8. The number of nitrogens with one attached hydrogen (secondary N) is 2. The summed E-state index contributed by atoms with van der Waals surface area (Å²) in [4.78, 5) is 17.5. The lowest BCUT2D eigenvalue weighted by molar-refractivity contribution is -0.121. The molecule has 1 aliphatic rings. The summed E-state index contributed by atoms with van der Waals surface area (Å²) < 4.78 is 0. The maximum atomic E-state index is 12.3. The van der Waals surface area contributed by atoms with Crippen molar-refractivity contribution in [1.82, 2.24) is 15.2 Å². The molecule has 2 aromatic rings. The highest BCUT2D eigenvalue weighted by Crippen LogP contribution is 2.31. The number of hydrogen-bond acceptors (Lipinski definition) is 3. The number of carbonyl (C=O) groups is 1. The fourth-order valence-electron chi connectivity index (χ4n) is 3.35. The molecule has 1 aromatic carbocycles. The molecule has 0 aliphatic carbocycles. The third-order valence-electron chi connectivity index (χ3n) is 5.08. The summed E-state index contributed by atoms with van der Waals surface area (Å²) in [5.41, 5.74) is 1.81. The Bertz CT molecular complexity index is 696. The fourth-order valence-corrected chi connectivity index (χ4v) is 3.35. The molecule has 0 saturated carbocycles. The molecule has 3 rings (SSSR count). The van der Waals surface area contributed by atoms with Gasteiger partial charge in [0.25, 0.3) is 0 Å². The highest BCUT2D eigenvalue weighted by atomic mass is 16.3. The van der Waals surface area contributed by atoms with Crippen molar-refractivity contribution in [2.24, 2.45) is 5.92 Å². The van der Waals surface area contributed by atoms with Crippen molar-refractivity contribution in [3.05, 3.63) is 36.0 Å². The van der Waals surface area contributed by atoms with Crippen LogP contribution in [0.3, 0.4) is 0 Å². The van der Waals surface area contributed by atoms with Gasteiger partial charge in [-0.2, -0.15) is 0 Å². The van der Waals surface area contributed by atoms with Gasteiger partial charge in [0.1, 0.15) is 12.3 Å². The first-order chi connectivity index (χ1) is 11.0. The molecule has 3 N–H and O–H groups in total. The smallest absolute Gasteiger partial charge is 0.238 e. The van der Waals surface area contributed by atoms with Crippen LogP contribution >= 0.6 is 0 Å². The number of para-hydroxylation sites is 1. The molecule has 1 aromatic heterocycles. The van der Waals surface area contributed by atoms with Crippen LogP contribution in [0.5, 0.6) is 0 Å². The van der Waals surface area contributed by atoms with Gasteiger partial charge in [0, 0.05) is 22.7 Å². The number of likely N-dealkylation sites (N-methyl/N-ethyl adjacent to an activating group) is 1. The molecule has 4 unspecified atom stereocenters. The van der Waals surface area contributed by atoms with E-state index in [0.717, 1.165) is 29.3 Å². The van der Waals surface area contributed by atoms with Crippen LogP contribution in [0.25, 0.3) is 10.9 Å². The molecular weight excluding hydrogens is 290 g/mol. The summed E-state index contributed by atoms with van der Waals surface area (Å²) in [6.07, 6.45) is 2.54. The first-order valence-corrected chi connectivity index (χ1v) is 8.29. The van der Waals surface area contributed by atoms with Gasteiger partial charge in [-0.3, -0.25) is 9.69 Å². The zero-order valence-corrected chi connectivity index (χ0v) is 13.9. The highest BCUT2D eigenvalue weighted by molar-refractivity contribution is 5.85. The predicted octanol–water partition coefficient (Wildman–Crippen LogP) is 2.39. The van der Waals surface area contributed by atoms with Gasteiger partial charge in [0.05, 0.1) is 6.04 Å². The van der Waals surface area contributed by atoms with Crippen LogP contribution in [0.15, 0.2) is 30.5 Å². The van der Waals surface area contributed by atoms with Gasteiger partial charge >= 0.3 is 0 Å². The number of aromatic amines is 1. The van der Waals surface area contributed by atoms with E-state index in [1.807, 2.05) is 42.4 Å². The van der Waals surface area contributed by atoms with Gasteiger partial charge in [-0.1, -0.05) is 38.5 Å². The summed E-state index contributed by atoms with van der Waals surface area (Å²) >= 11 is 0. The van der Waals surface area contributed by atoms with Crippen LogP contribution in [-0.4, -0.2) is 40.2 Å². The van der Waals surface area contributed by atoms with Crippen LogP contribution in [0.1, 0.15) is 38.4 Å². The van der Waals surface area contributed by atoms with Crippen molar-refractivity contribution < 1.29 is 9.90 Å². The van der Waals surface area contributed by atoms with Gasteiger partial charge in [-0.25, -0.2) is 0 Å². The quantitative estimate of drug-likeness (QED) is 0.793. The van der Waals surface area contributed by atoms with E-state index in [2.05, 4.69) is 24.1 Å². The van der Waals surface area contributed by atoms with Crippen molar-refractivity contribution in [3.8, 4) is 0 Å². The third kappa shape index (κ3) is 2.86. The van der Waals surface area contributed by atoms with E-state index in [1.165, 1.54) is 0 Å². The van der Waals surface area contributed by atoms with E-state index in [1.54, 1.807) is 0 Å². The van der Waals surface area contributed by atoms with Crippen LogP contribution in [-0.2, 0) is 4.79 Å². The molecule has 1 aliphatic heterocycles. The first-order valence-electron chi connectivity index (χ1n) is 8.29. The second-order valence-electron chi connectivity index (χ2n) is 6.62. The Hall–Kier alpha value is -1.85. The topological polar surface area (TPSA) is 68.4 Å². The number of H-pyrrole nitrogens is 1.